The Labute approximate surface area is 126 Å². The fourth-order valence-corrected chi connectivity index (χ4v) is 2.16. The third kappa shape index (κ3) is 3.21. The van der Waals surface area contributed by atoms with E-state index in [9.17, 15) is 0 Å². The zero-order valence-electron chi connectivity index (χ0n) is 10.8. The molecule has 0 aliphatic heterocycles. The van der Waals surface area contributed by atoms with Crippen LogP contribution < -0.4 is 4.74 Å². The fourth-order valence-electron chi connectivity index (χ4n) is 1.69. The second kappa shape index (κ2) is 6.60. The number of nitriles is 1. The van der Waals surface area contributed by atoms with Crippen molar-refractivity contribution in [3.8, 4) is 11.8 Å². The Hall–Kier alpha value is -1.77. The van der Waals surface area contributed by atoms with Gasteiger partial charge in [-0.1, -0.05) is 35.3 Å². The lowest BCUT2D eigenvalue weighted by atomic mass is 10.3. The van der Waals surface area contributed by atoms with Gasteiger partial charge in [0.25, 0.3) is 0 Å². The lowest BCUT2D eigenvalue weighted by molar-refractivity contribution is 0.291. The summed E-state index contributed by atoms with van der Waals surface area (Å²) in [5.74, 6) is 0.504. The van der Waals surface area contributed by atoms with Crippen molar-refractivity contribution in [2.75, 3.05) is 0 Å². The van der Waals surface area contributed by atoms with E-state index in [-0.39, 0.29) is 12.3 Å². The number of benzene rings is 1. The predicted molar refractivity (Wildman–Crippen MR) is 75.8 cm³/mol. The quantitative estimate of drug-likeness (QED) is 0.848. The summed E-state index contributed by atoms with van der Waals surface area (Å²) >= 11 is 11.9. The van der Waals surface area contributed by atoms with Crippen LogP contribution in [0.4, 0.5) is 0 Å². The molecule has 0 amide bonds. The molecule has 1 aromatic heterocycles. The summed E-state index contributed by atoms with van der Waals surface area (Å²) in [6.45, 7) is 2.88. The highest BCUT2D eigenvalue weighted by Crippen LogP contribution is 2.28. The lowest BCUT2D eigenvalue weighted by Gasteiger charge is -2.09. The molecular formula is C13H12Cl2N4O. The fraction of sp³-hybridized carbons (Fsp3) is 0.308. The average molecular weight is 311 g/mol. The topological polar surface area (TPSA) is 63.7 Å². The van der Waals surface area contributed by atoms with Crippen LogP contribution in [-0.4, -0.2) is 15.0 Å². The van der Waals surface area contributed by atoms with Crippen LogP contribution in [0.3, 0.4) is 0 Å². The Morgan fingerprint density at radius 2 is 2.20 bits per heavy atom. The monoisotopic (exact) mass is 310 g/mol. The molecular weight excluding hydrogens is 299 g/mol. The summed E-state index contributed by atoms with van der Waals surface area (Å²) < 4.78 is 7.29. The normalized spacial score (nSPS) is 10.3. The molecule has 0 radical (unpaired) electrons. The summed E-state index contributed by atoms with van der Waals surface area (Å²) in [4.78, 5) is 0. The Bertz CT molecular complexity index is 648. The molecule has 2 rings (SSSR count). The van der Waals surface area contributed by atoms with Gasteiger partial charge < -0.3 is 4.74 Å². The van der Waals surface area contributed by atoms with Gasteiger partial charge in [-0.15, -0.1) is 5.10 Å². The maximum absolute atomic E-state index is 9.02. The number of aromatic nitrogens is 3. The summed E-state index contributed by atoms with van der Waals surface area (Å²) in [5.41, 5.74) is 0.906. The van der Waals surface area contributed by atoms with Crippen molar-refractivity contribution < 1.29 is 4.74 Å². The van der Waals surface area contributed by atoms with Gasteiger partial charge in [-0.3, -0.25) is 0 Å². The highest BCUT2D eigenvalue weighted by molar-refractivity contribution is 6.35. The number of aryl methyl sites for hydroxylation is 1. The molecule has 0 fully saturated rings. The highest BCUT2D eigenvalue weighted by Gasteiger charge is 2.13. The first-order valence-corrected chi connectivity index (χ1v) is 6.81. The minimum Gasteiger partial charge on any atom is -0.486 e. The van der Waals surface area contributed by atoms with Gasteiger partial charge in [0.2, 0.25) is 0 Å². The van der Waals surface area contributed by atoms with Crippen LogP contribution in [0.1, 0.15) is 24.7 Å². The molecule has 7 heteroatoms. The molecule has 104 valence electrons. The predicted octanol–water partition coefficient (Wildman–Crippen LogP) is 3.45. The van der Waals surface area contributed by atoms with Crippen LogP contribution in [0.25, 0.3) is 0 Å². The first-order chi connectivity index (χ1) is 9.65. The van der Waals surface area contributed by atoms with E-state index in [4.69, 9.17) is 33.2 Å². The molecule has 2 aromatic rings. The van der Waals surface area contributed by atoms with E-state index in [1.165, 1.54) is 0 Å². The Balaban J connectivity index is 2.18. The number of halogens is 2. The van der Waals surface area contributed by atoms with E-state index in [1.807, 2.05) is 13.0 Å². The molecule has 0 aliphatic carbocycles. The van der Waals surface area contributed by atoms with E-state index in [2.05, 4.69) is 10.3 Å². The van der Waals surface area contributed by atoms with Crippen LogP contribution >= 0.6 is 23.2 Å². The molecule has 0 N–H and O–H groups in total. The minimum atomic E-state index is 0.178. The second-order valence-corrected chi connectivity index (χ2v) is 4.93. The van der Waals surface area contributed by atoms with Crippen molar-refractivity contribution in [2.45, 2.75) is 26.5 Å². The van der Waals surface area contributed by atoms with Crippen LogP contribution in [0.5, 0.6) is 5.75 Å². The molecule has 1 aromatic carbocycles. The van der Waals surface area contributed by atoms with Crippen molar-refractivity contribution in [3.05, 3.63) is 39.6 Å². The van der Waals surface area contributed by atoms with E-state index in [0.717, 1.165) is 6.42 Å². The van der Waals surface area contributed by atoms with E-state index < -0.39 is 0 Å². The number of nitrogens with zero attached hydrogens (tertiary/aromatic N) is 4. The van der Waals surface area contributed by atoms with E-state index >= 15 is 0 Å². The summed E-state index contributed by atoms with van der Waals surface area (Å²) in [6.07, 6.45) is 0.892. The van der Waals surface area contributed by atoms with Crippen LogP contribution in [0, 0.1) is 11.3 Å². The van der Waals surface area contributed by atoms with Gasteiger partial charge in [0.05, 0.1) is 5.02 Å². The molecule has 0 atom stereocenters. The number of rotatable bonds is 5. The number of ether oxygens (including phenoxy) is 1. The molecule has 0 spiro atoms. The Morgan fingerprint density at radius 3 is 2.85 bits per heavy atom. The molecule has 5 nitrogen and oxygen atoms in total. The smallest absolute Gasteiger partial charge is 0.189 e. The van der Waals surface area contributed by atoms with Crippen molar-refractivity contribution in [3.63, 3.8) is 0 Å². The van der Waals surface area contributed by atoms with Crippen molar-refractivity contribution in [1.29, 1.82) is 5.26 Å². The third-order valence-corrected chi connectivity index (χ3v) is 3.17. The van der Waals surface area contributed by atoms with Gasteiger partial charge in [0.15, 0.2) is 5.69 Å². The lowest BCUT2D eigenvalue weighted by Crippen LogP contribution is -2.08. The van der Waals surface area contributed by atoms with Crippen molar-refractivity contribution in [2.24, 2.45) is 0 Å². The molecule has 0 unspecified atom stereocenters. The molecule has 0 aliphatic rings. The summed E-state index contributed by atoms with van der Waals surface area (Å²) in [5, 5.41) is 17.7. The van der Waals surface area contributed by atoms with Crippen molar-refractivity contribution >= 4 is 23.2 Å². The van der Waals surface area contributed by atoms with Crippen molar-refractivity contribution in [1.82, 2.24) is 15.0 Å². The highest BCUT2D eigenvalue weighted by atomic mass is 35.5. The van der Waals surface area contributed by atoms with Crippen LogP contribution in [-0.2, 0) is 13.2 Å². The SMILES string of the molecule is CCCn1nnc(C#N)c1COc1ccc(Cl)cc1Cl. The molecule has 0 bridgehead atoms. The molecule has 20 heavy (non-hydrogen) atoms. The Morgan fingerprint density at radius 1 is 1.40 bits per heavy atom. The van der Waals surface area contributed by atoms with Gasteiger partial charge >= 0.3 is 0 Å². The number of hydrogen-bond acceptors (Lipinski definition) is 4. The van der Waals surface area contributed by atoms with E-state index in [1.54, 1.807) is 22.9 Å². The largest absolute Gasteiger partial charge is 0.486 e. The molecule has 0 saturated heterocycles. The summed E-state index contributed by atoms with van der Waals surface area (Å²) in [6, 6.07) is 6.98. The second-order valence-electron chi connectivity index (χ2n) is 4.08. The van der Waals surface area contributed by atoms with Gasteiger partial charge in [0.1, 0.15) is 24.1 Å². The zero-order chi connectivity index (χ0) is 14.5. The zero-order valence-corrected chi connectivity index (χ0v) is 12.3. The average Bonchev–Trinajstić information content (AvgIpc) is 2.80. The van der Waals surface area contributed by atoms with Gasteiger partial charge in [0, 0.05) is 11.6 Å². The maximum Gasteiger partial charge on any atom is 0.189 e. The van der Waals surface area contributed by atoms with Gasteiger partial charge in [-0.2, -0.15) is 5.26 Å². The maximum atomic E-state index is 9.02. The third-order valence-electron chi connectivity index (χ3n) is 2.64. The van der Waals surface area contributed by atoms with Crippen LogP contribution in [0.15, 0.2) is 18.2 Å². The summed E-state index contributed by atoms with van der Waals surface area (Å²) in [7, 11) is 0. The van der Waals surface area contributed by atoms with Gasteiger partial charge in [-0.05, 0) is 24.6 Å². The molecule has 0 saturated carbocycles. The van der Waals surface area contributed by atoms with E-state index in [0.29, 0.717) is 28.0 Å². The minimum absolute atomic E-state index is 0.178. The number of hydrogen-bond donors (Lipinski definition) is 0. The first-order valence-electron chi connectivity index (χ1n) is 6.06. The van der Waals surface area contributed by atoms with Crippen LogP contribution in [0.2, 0.25) is 10.0 Å². The van der Waals surface area contributed by atoms with Gasteiger partial charge in [-0.25, -0.2) is 4.68 Å². The first kappa shape index (κ1) is 14.6. The Kier molecular flexibility index (Phi) is 4.83. The standard InChI is InChI=1S/C13H12Cl2N4O/c1-2-5-19-12(11(7-16)17-18-19)8-20-13-4-3-9(14)6-10(13)15/h3-4,6H,2,5,8H2,1H3. The molecule has 1 heterocycles.